The van der Waals surface area contributed by atoms with Gasteiger partial charge in [0, 0.05) is 15.9 Å². The van der Waals surface area contributed by atoms with Gasteiger partial charge in [0.05, 0.1) is 5.75 Å². The number of hydrogen-bond donors (Lipinski definition) is 1. The molecule has 1 aromatic carbocycles. The summed E-state index contributed by atoms with van der Waals surface area (Å²) in [7, 11) is 0. The van der Waals surface area contributed by atoms with Crippen LogP contribution in [0, 0.1) is 0 Å². The van der Waals surface area contributed by atoms with Gasteiger partial charge in [-0.25, -0.2) is 0 Å². The predicted octanol–water partition coefficient (Wildman–Crippen LogP) is 2.33. The molecular weight excluding hydrogens is 309 g/mol. The SMILES string of the molecule is O=C(CSc1ccccc1)NCCI. The fourth-order valence-corrected chi connectivity index (χ4v) is 1.92. The lowest BCUT2D eigenvalue weighted by Crippen LogP contribution is -2.26. The molecule has 76 valence electrons. The third-order valence-electron chi connectivity index (χ3n) is 1.53. The molecule has 2 nitrogen and oxygen atoms in total. The first-order chi connectivity index (χ1) is 6.83. The minimum absolute atomic E-state index is 0.107. The Labute approximate surface area is 102 Å². The van der Waals surface area contributed by atoms with Crippen molar-refractivity contribution in [3.05, 3.63) is 30.3 Å². The second-order valence-electron chi connectivity index (χ2n) is 2.64. The molecule has 0 unspecified atom stereocenters. The van der Waals surface area contributed by atoms with Crippen LogP contribution in [0.4, 0.5) is 0 Å². The monoisotopic (exact) mass is 321 g/mol. The van der Waals surface area contributed by atoms with E-state index in [1.165, 1.54) is 0 Å². The zero-order chi connectivity index (χ0) is 10.2. The molecule has 0 atom stereocenters. The second kappa shape index (κ2) is 7.11. The summed E-state index contributed by atoms with van der Waals surface area (Å²) in [5.41, 5.74) is 0. The van der Waals surface area contributed by atoms with Crippen molar-refractivity contribution >= 4 is 40.3 Å². The van der Waals surface area contributed by atoms with E-state index in [2.05, 4.69) is 27.9 Å². The minimum atomic E-state index is 0.107. The average Bonchev–Trinajstić information content (AvgIpc) is 2.25. The molecular formula is C10H12INOS. The smallest absolute Gasteiger partial charge is 0.230 e. The van der Waals surface area contributed by atoms with E-state index in [-0.39, 0.29) is 5.91 Å². The van der Waals surface area contributed by atoms with Gasteiger partial charge in [0.1, 0.15) is 0 Å². The highest BCUT2D eigenvalue weighted by Gasteiger charge is 2.00. The fourth-order valence-electron chi connectivity index (χ4n) is 0.903. The first kappa shape index (κ1) is 11.8. The Bertz CT molecular complexity index is 279. The number of benzene rings is 1. The molecule has 0 spiro atoms. The Kier molecular flexibility index (Phi) is 6.02. The highest BCUT2D eigenvalue weighted by atomic mass is 127. The lowest BCUT2D eigenvalue weighted by atomic mass is 10.4. The summed E-state index contributed by atoms with van der Waals surface area (Å²) in [6.45, 7) is 0.759. The van der Waals surface area contributed by atoms with Crippen LogP contribution in [0.3, 0.4) is 0 Å². The van der Waals surface area contributed by atoms with E-state index < -0.39 is 0 Å². The molecule has 1 amide bonds. The lowest BCUT2D eigenvalue weighted by molar-refractivity contribution is -0.118. The summed E-state index contributed by atoms with van der Waals surface area (Å²) in [5, 5.41) is 2.84. The number of nitrogens with one attached hydrogen (secondary N) is 1. The van der Waals surface area contributed by atoms with E-state index in [4.69, 9.17) is 0 Å². The highest BCUT2D eigenvalue weighted by molar-refractivity contribution is 14.1. The van der Waals surface area contributed by atoms with Crippen molar-refractivity contribution in [2.75, 3.05) is 16.7 Å². The quantitative estimate of drug-likeness (QED) is 0.512. The number of thioether (sulfide) groups is 1. The molecule has 1 aromatic rings. The van der Waals surface area contributed by atoms with E-state index in [0.717, 1.165) is 15.9 Å². The van der Waals surface area contributed by atoms with Crippen molar-refractivity contribution in [1.29, 1.82) is 0 Å². The van der Waals surface area contributed by atoms with Crippen LogP contribution in [-0.4, -0.2) is 22.6 Å². The van der Waals surface area contributed by atoms with Gasteiger partial charge in [-0.15, -0.1) is 11.8 Å². The maximum atomic E-state index is 11.2. The van der Waals surface area contributed by atoms with Gasteiger partial charge in [-0.1, -0.05) is 40.8 Å². The summed E-state index contributed by atoms with van der Waals surface area (Å²) >= 11 is 3.80. The molecule has 1 N–H and O–H groups in total. The first-order valence-corrected chi connectivity index (χ1v) is 6.84. The van der Waals surface area contributed by atoms with E-state index in [1.807, 2.05) is 30.3 Å². The summed E-state index contributed by atoms with van der Waals surface area (Å²) in [6, 6.07) is 9.95. The van der Waals surface area contributed by atoms with Gasteiger partial charge in [-0.2, -0.15) is 0 Å². The van der Waals surface area contributed by atoms with E-state index in [1.54, 1.807) is 11.8 Å². The third kappa shape index (κ3) is 4.85. The zero-order valence-corrected chi connectivity index (χ0v) is 10.7. The summed E-state index contributed by atoms with van der Waals surface area (Å²) in [4.78, 5) is 12.4. The van der Waals surface area contributed by atoms with Crippen molar-refractivity contribution in [1.82, 2.24) is 5.32 Å². The molecule has 0 aromatic heterocycles. The molecule has 1 rings (SSSR count). The molecule has 0 bridgehead atoms. The van der Waals surface area contributed by atoms with Crippen molar-refractivity contribution in [3.8, 4) is 0 Å². The van der Waals surface area contributed by atoms with Crippen LogP contribution < -0.4 is 5.32 Å². The van der Waals surface area contributed by atoms with Crippen LogP contribution >= 0.6 is 34.4 Å². The van der Waals surface area contributed by atoms with Crippen molar-refractivity contribution in [2.45, 2.75) is 4.90 Å². The summed E-state index contributed by atoms with van der Waals surface area (Å²) in [5.74, 6) is 0.608. The average molecular weight is 321 g/mol. The van der Waals surface area contributed by atoms with Crippen LogP contribution in [0.2, 0.25) is 0 Å². The van der Waals surface area contributed by atoms with Crippen LogP contribution in [-0.2, 0) is 4.79 Å². The maximum absolute atomic E-state index is 11.2. The molecule has 0 heterocycles. The van der Waals surface area contributed by atoms with Gasteiger partial charge in [0.2, 0.25) is 5.91 Å². The normalized spacial score (nSPS) is 9.79. The summed E-state index contributed by atoms with van der Waals surface area (Å²) in [6.07, 6.45) is 0. The predicted molar refractivity (Wildman–Crippen MR) is 69.1 cm³/mol. The number of carbonyl (C=O) groups is 1. The van der Waals surface area contributed by atoms with Gasteiger partial charge in [0.15, 0.2) is 0 Å². The molecule has 0 aliphatic rings. The van der Waals surface area contributed by atoms with Crippen molar-refractivity contribution in [2.24, 2.45) is 0 Å². The second-order valence-corrected chi connectivity index (χ2v) is 4.77. The van der Waals surface area contributed by atoms with Gasteiger partial charge in [-0.05, 0) is 12.1 Å². The number of alkyl halides is 1. The fraction of sp³-hybridized carbons (Fsp3) is 0.300. The molecule has 0 aliphatic carbocycles. The van der Waals surface area contributed by atoms with Gasteiger partial charge in [0.25, 0.3) is 0 Å². The van der Waals surface area contributed by atoms with Crippen molar-refractivity contribution < 1.29 is 4.79 Å². The van der Waals surface area contributed by atoms with Crippen LogP contribution in [0.5, 0.6) is 0 Å². The third-order valence-corrected chi connectivity index (χ3v) is 3.08. The largest absolute Gasteiger partial charge is 0.355 e. The number of rotatable bonds is 5. The number of hydrogen-bond acceptors (Lipinski definition) is 2. The van der Waals surface area contributed by atoms with E-state index >= 15 is 0 Å². The Morgan fingerprint density at radius 1 is 1.36 bits per heavy atom. The molecule has 0 radical (unpaired) electrons. The Morgan fingerprint density at radius 2 is 2.07 bits per heavy atom. The number of halogens is 1. The number of amides is 1. The van der Waals surface area contributed by atoms with Gasteiger partial charge < -0.3 is 5.32 Å². The highest BCUT2D eigenvalue weighted by Crippen LogP contribution is 2.15. The topological polar surface area (TPSA) is 29.1 Å². The molecule has 0 aliphatic heterocycles. The Balaban J connectivity index is 2.24. The number of carbonyl (C=O) groups excluding carboxylic acids is 1. The van der Waals surface area contributed by atoms with Crippen LogP contribution in [0.15, 0.2) is 35.2 Å². The molecule has 0 saturated heterocycles. The molecule has 0 saturated carbocycles. The van der Waals surface area contributed by atoms with Crippen LogP contribution in [0.25, 0.3) is 0 Å². The molecule has 0 fully saturated rings. The Morgan fingerprint density at radius 3 is 2.71 bits per heavy atom. The molecule has 14 heavy (non-hydrogen) atoms. The van der Waals surface area contributed by atoms with Gasteiger partial charge in [-0.3, -0.25) is 4.79 Å². The van der Waals surface area contributed by atoms with E-state index in [9.17, 15) is 4.79 Å². The van der Waals surface area contributed by atoms with E-state index in [0.29, 0.717) is 5.75 Å². The first-order valence-electron chi connectivity index (χ1n) is 4.33. The maximum Gasteiger partial charge on any atom is 0.230 e. The van der Waals surface area contributed by atoms with Crippen molar-refractivity contribution in [3.63, 3.8) is 0 Å². The van der Waals surface area contributed by atoms with Gasteiger partial charge >= 0.3 is 0 Å². The lowest BCUT2D eigenvalue weighted by Gasteiger charge is -2.02. The minimum Gasteiger partial charge on any atom is -0.355 e. The Hall–Kier alpha value is -0.230. The van der Waals surface area contributed by atoms with Crippen LogP contribution in [0.1, 0.15) is 0 Å². The molecule has 4 heteroatoms. The summed E-state index contributed by atoms with van der Waals surface area (Å²) < 4.78 is 0.958. The standard InChI is InChI=1S/C10H12INOS/c11-6-7-12-10(13)8-14-9-4-2-1-3-5-9/h1-5H,6-8H2,(H,12,13). The zero-order valence-electron chi connectivity index (χ0n) is 7.70.